The van der Waals surface area contributed by atoms with Gasteiger partial charge in [-0.1, -0.05) is 35.5 Å². The highest BCUT2D eigenvalue weighted by molar-refractivity contribution is 5.95. The van der Waals surface area contributed by atoms with E-state index in [9.17, 15) is 14.7 Å². The van der Waals surface area contributed by atoms with Crippen LogP contribution in [0.3, 0.4) is 0 Å². The third-order valence-electron chi connectivity index (χ3n) is 8.69. The van der Waals surface area contributed by atoms with Crippen molar-refractivity contribution in [2.75, 3.05) is 24.4 Å². The number of carbonyl (C=O) groups excluding carboxylic acids is 2. The molecule has 4 N–H and O–H groups in total. The third-order valence-corrected chi connectivity index (χ3v) is 8.69. The van der Waals surface area contributed by atoms with Gasteiger partial charge in [-0.3, -0.25) is 0 Å². The monoisotopic (exact) mass is 597 g/mol. The van der Waals surface area contributed by atoms with Gasteiger partial charge in [0.15, 0.2) is 5.82 Å². The van der Waals surface area contributed by atoms with Crippen LogP contribution in [-0.2, 0) is 20.5 Å². The van der Waals surface area contributed by atoms with Crippen molar-refractivity contribution in [3.05, 3.63) is 77.2 Å². The van der Waals surface area contributed by atoms with Crippen LogP contribution in [0.5, 0.6) is 0 Å². The minimum atomic E-state index is -0.753. The predicted octanol–water partition coefficient (Wildman–Crippen LogP) is 4.35. The number of carbonyl (C=O) groups is 2. The quantitative estimate of drug-likeness (QED) is 0.201. The smallest absolute Gasteiger partial charge is 0.407 e. The number of fused-ring (bicyclic) bond motifs is 1. The second kappa shape index (κ2) is 10.0. The number of cyclic esters (lactones) is 1. The zero-order valence-electron chi connectivity index (χ0n) is 24.4. The predicted molar refractivity (Wildman–Crippen MR) is 157 cm³/mol. The summed E-state index contributed by atoms with van der Waals surface area (Å²) in [6.07, 6.45) is 3.24. The fraction of sp³-hybridized carbons (Fsp3) is 0.355. The van der Waals surface area contributed by atoms with Crippen molar-refractivity contribution in [1.29, 1.82) is 0 Å². The summed E-state index contributed by atoms with van der Waals surface area (Å²) in [7, 11) is 1.35. The lowest BCUT2D eigenvalue weighted by Crippen LogP contribution is -2.77. The van der Waals surface area contributed by atoms with Crippen LogP contribution in [0.15, 0.2) is 59.3 Å². The van der Waals surface area contributed by atoms with Crippen LogP contribution in [0.25, 0.3) is 11.5 Å². The molecule has 3 aliphatic carbocycles. The van der Waals surface area contributed by atoms with E-state index in [1.165, 1.54) is 7.11 Å². The molecular formula is C31H31N7O6. The van der Waals surface area contributed by atoms with Gasteiger partial charge in [0.1, 0.15) is 17.0 Å². The highest BCUT2D eigenvalue weighted by Gasteiger charge is 2.71. The summed E-state index contributed by atoms with van der Waals surface area (Å²) < 4.78 is 16.0. The van der Waals surface area contributed by atoms with Crippen molar-refractivity contribution in [2.45, 2.75) is 55.7 Å². The summed E-state index contributed by atoms with van der Waals surface area (Å²) in [5.41, 5.74) is 1.99. The Bertz CT molecular complexity index is 1750. The maximum Gasteiger partial charge on any atom is 0.407 e. The first kappa shape index (κ1) is 27.8. The van der Waals surface area contributed by atoms with Gasteiger partial charge >= 0.3 is 12.1 Å². The number of anilines is 3. The molecule has 4 aliphatic rings. The van der Waals surface area contributed by atoms with E-state index in [0.29, 0.717) is 47.7 Å². The van der Waals surface area contributed by atoms with Crippen molar-refractivity contribution < 1.29 is 28.7 Å². The molecular weight excluding hydrogens is 566 g/mol. The first-order valence-corrected chi connectivity index (χ1v) is 14.3. The molecule has 2 bridgehead atoms. The van der Waals surface area contributed by atoms with Crippen LogP contribution in [0.4, 0.5) is 22.2 Å². The van der Waals surface area contributed by atoms with E-state index in [1.54, 1.807) is 18.3 Å². The van der Waals surface area contributed by atoms with E-state index in [2.05, 4.69) is 26.1 Å². The Labute approximate surface area is 252 Å². The van der Waals surface area contributed by atoms with Crippen LogP contribution in [0.1, 0.15) is 66.5 Å². The first-order chi connectivity index (χ1) is 21.1. The van der Waals surface area contributed by atoms with Gasteiger partial charge in [0.2, 0.25) is 5.95 Å². The van der Waals surface area contributed by atoms with E-state index in [1.807, 2.05) is 50.2 Å². The van der Waals surface area contributed by atoms with Crippen molar-refractivity contribution in [2.24, 2.45) is 0 Å². The lowest BCUT2D eigenvalue weighted by atomic mass is 9.39. The summed E-state index contributed by atoms with van der Waals surface area (Å²) in [6, 6.07) is 14.4. The van der Waals surface area contributed by atoms with Gasteiger partial charge in [0.05, 0.1) is 25.3 Å². The molecule has 8 rings (SSSR count). The lowest BCUT2D eigenvalue weighted by molar-refractivity contribution is -0.0895. The molecule has 13 heteroatoms. The van der Waals surface area contributed by atoms with Gasteiger partial charge in [0, 0.05) is 28.4 Å². The van der Waals surface area contributed by atoms with Crippen LogP contribution in [0, 0.1) is 0 Å². The molecule has 3 heterocycles. The van der Waals surface area contributed by atoms with Gasteiger partial charge in [-0.2, -0.15) is 9.97 Å². The molecule has 13 nitrogen and oxygen atoms in total. The number of alkyl carbamates (subject to hydrolysis) is 1. The molecule has 4 aromatic rings. The van der Waals surface area contributed by atoms with Gasteiger partial charge in [-0.15, -0.1) is 0 Å². The standard InChI is InChI=1S/C31H31N7O6/c1-29(2)21-11-18(9-10-19(21)25(40)43-29)33-27-32-12-20(23(35-27)34-22(13-39)17-7-5-4-6-8-17)24-36-26(38-44-24)30-14-31(15-30,16-30)37-28(41)42-3/h4-12,22,39H,13-16H2,1-3H3,(H,37,41)(H2,32,33,34,35)/t22-,30?,31?/m1/s1. The number of methoxy groups -OCH3 is 1. The Morgan fingerprint density at radius 3 is 2.59 bits per heavy atom. The fourth-order valence-corrected chi connectivity index (χ4v) is 6.54. The number of aliphatic hydroxyl groups is 1. The van der Waals surface area contributed by atoms with E-state index >= 15 is 0 Å². The van der Waals surface area contributed by atoms with Gasteiger partial charge in [-0.05, 0) is 56.9 Å². The molecule has 2 aromatic carbocycles. The summed E-state index contributed by atoms with van der Waals surface area (Å²) >= 11 is 0. The highest BCUT2D eigenvalue weighted by Crippen LogP contribution is 2.67. The largest absolute Gasteiger partial charge is 0.453 e. The molecule has 0 unspecified atom stereocenters. The number of ether oxygens (including phenoxy) is 2. The van der Waals surface area contributed by atoms with Gasteiger partial charge in [0.25, 0.3) is 5.89 Å². The van der Waals surface area contributed by atoms with Crippen molar-refractivity contribution in [3.63, 3.8) is 0 Å². The van der Waals surface area contributed by atoms with E-state index < -0.39 is 17.7 Å². The minimum absolute atomic E-state index is 0.197. The Kier molecular flexibility index (Phi) is 6.32. The average molecular weight is 598 g/mol. The zero-order chi connectivity index (χ0) is 30.7. The van der Waals surface area contributed by atoms with Crippen LogP contribution < -0.4 is 16.0 Å². The molecule has 0 saturated heterocycles. The number of amides is 1. The molecule has 3 fully saturated rings. The molecule has 3 saturated carbocycles. The van der Waals surface area contributed by atoms with E-state index in [0.717, 1.165) is 11.1 Å². The average Bonchev–Trinajstić information content (AvgIpc) is 3.55. The van der Waals surface area contributed by atoms with Crippen LogP contribution in [-0.4, -0.2) is 56.5 Å². The van der Waals surface area contributed by atoms with Crippen molar-refractivity contribution in [1.82, 2.24) is 25.4 Å². The number of esters is 1. The number of aromatic nitrogens is 4. The second-order valence-corrected chi connectivity index (χ2v) is 12.2. The normalized spacial score (nSPS) is 23.0. The molecule has 1 aliphatic heterocycles. The molecule has 0 spiro atoms. The first-order valence-electron chi connectivity index (χ1n) is 14.3. The maximum absolute atomic E-state index is 12.2. The Balaban J connectivity index is 1.18. The maximum atomic E-state index is 12.2. The van der Waals surface area contributed by atoms with E-state index in [-0.39, 0.29) is 35.4 Å². The summed E-state index contributed by atoms with van der Waals surface area (Å²) in [5.74, 6) is 1.09. The number of benzene rings is 2. The molecule has 2 aromatic heterocycles. The second-order valence-electron chi connectivity index (χ2n) is 12.2. The molecule has 1 atom stereocenters. The summed E-state index contributed by atoms with van der Waals surface area (Å²) in [5, 5.41) is 24.0. The molecule has 0 radical (unpaired) electrons. The third kappa shape index (κ3) is 4.60. The number of hydrogen-bond donors (Lipinski definition) is 4. The lowest BCUT2D eigenvalue weighted by Gasteiger charge is -2.68. The zero-order valence-corrected chi connectivity index (χ0v) is 24.4. The Morgan fingerprint density at radius 2 is 1.86 bits per heavy atom. The van der Waals surface area contributed by atoms with Gasteiger partial charge < -0.3 is 35.1 Å². The Hall–Kier alpha value is -5.04. The van der Waals surface area contributed by atoms with Crippen LogP contribution in [0.2, 0.25) is 0 Å². The topological polar surface area (TPSA) is 174 Å². The molecule has 226 valence electrons. The van der Waals surface area contributed by atoms with Crippen molar-refractivity contribution >= 4 is 29.5 Å². The number of nitrogens with one attached hydrogen (secondary N) is 3. The SMILES string of the molecule is COC(=O)NC12CC(c3noc(-c4cnc(Nc5ccc6c(c5)C(C)(C)OC6=O)nc4N[C@H](CO)c4ccccc4)n3)(C1)C2. The van der Waals surface area contributed by atoms with Gasteiger partial charge in [-0.25, -0.2) is 14.6 Å². The summed E-state index contributed by atoms with van der Waals surface area (Å²) in [6.45, 7) is 3.48. The summed E-state index contributed by atoms with van der Waals surface area (Å²) in [4.78, 5) is 37.9. The van der Waals surface area contributed by atoms with Crippen molar-refractivity contribution in [3.8, 4) is 11.5 Å². The number of nitrogens with zero attached hydrogens (tertiary/aromatic N) is 4. The van der Waals surface area contributed by atoms with Crippen LogP contribution >= 0.6 is 0 Å². The number of hydrogen-bond acceptors (Lipinski definition) is 12. The number of rotatable bonds is 9. The highest BCUT2D eigenvalue weighted by atomic mass is 16.6. The molecule has 1 amide bonds. The van der Waals surface area contributed by atoms with E-state index in [4.69, 9.17) is 24.0 Å². The Morgan fingerprint density at radius 1 is 1.09 bits per heavy atom. The number of aliphatic hydroxyl groups excluding tert-OH is 1. The minimum Gasteiger partial charge on any atom is -0.453 e. The molecule has 44 heavy (non-hydrogen) atoms. The fourth-order valence-electron chi connectivity index (χ4n) is 6.54.